The van der Waals surface area contributed by atoms with Crippen LogP contribution in [-0.4, -0.2) is 19.6 Å². The van der Waals surface area contributed by atoms with E-state index in [4.69, 9.17) is 5.73 Å². The van der Waals surface area contributed by atoms with Crippen LogP contribution < -0.4 is 11.3 Å². The lowest BCUT2D eigenvalue weighted by Gasteiger charge is -2.03. The van der Waals surface area contributed by atoms with Crippen molar-refractivity contribution >= 4 is 38.1 Å². The van der Waals surface area contributed by atoms with Crippen molar-refractivity contribution in [3.8, 4) is 10.9 Å². The Morgan fingerprint density at radius 1 is 1.14 bits per heavy atom. The molecule has 22 heavy (non-hydrogen) atoms. The highest BCUT2D eigenvalue weighted by molar-refractivity contribution is 7.20. The van der Waals surface area contributed by atoms with Gasteiger partial charge in [-0.1, -0.05) is 11.3 Å². The van der Waals surface area contributed by atoms with Crippen LogP contribution >= 0.6 is 11.3 Å². The van der Waals surface area contributed by atoms with Gasteiger partial charge in [0.1, 0.15) is 12.1 Å². The van der Waals surface area contributed by atoms with Crippen LogP contribution in [0.25, 0.3) is 26.3 Å². The maximum atomic E-state index is 12.6. The fourth-order valence-electron chi connectivity index (χ4n) is 2.28. The molecular weight excluding hydrogens is 300 g/mol. The highest BCUT2D eigenvalue weighted by Gasteiger charge is 2.11. The molecule has 0 saturated heterocycles. The van der Waals surface area contributed by atoms with E-state index in [0.29, 0.717) is 21.7 Å². The average molecular weight is 310 g/mol. The van der Waals surface area contributed by atoms with Crippen molar-refractivity contribution < 1.29 is 5.11 Å². The monoisotopic (exact) mass is 310 g/mol. The molecule has 0 saturated carbocycles. The first-order chi connectivity index (χ1) is 10.6. The number of benzene rings is 2. The van der Waals surface area contributed by atoms with E-state index in [9.17, 15) is 9.90 Å². The van der Waals surface area contributed by atoms with Gasteiger partial charge in [0.2, 0.25) is 0 Å². The van der Waals surface area contributed by atoms with E-state index >= 15 is 0 Å². The van der Waals surface area contributed by atoms with E-state index < -0.39 is 0 Å². The van der Waals surface area contributed by atoms with Gasteiger partial charge in [-0.15, -0.1) is 0 Å². The van der Waals surface area contributed by atoms with Gasteiger partial charge < -0.3 is 10.8 Å². The van der Waals surface area contributed by atoms with Crippen LogP contribution in [0.5, 0.6) is 5.75 Å². The van der Waals surface area contributed by atoms with Crippen LogP contribution in [-0.2, 0) is 0 Å². The number of phenolic OH excluding ortho intramolecular Hbond substituents is 1. The van der Waals surface area contributed by atoms with Gasteiger partial charge >= 0.3 is 0 Å². The Kier molecular flexibility index (Phi) is 2.64. The molecule has 0 amide bonds. The largest absolute Gasteiger partial charge is 0.508 e. The number of aromatic hydroxyl groups is 1. The third kappa shape index (κ3) is 1.91. The minimum Gasteiger partial charge on any atom is -0.508 e. The predicted octanol–water partition coefficient (Wildman–Crippen LogP) is 2.28. The van der Waals surface area contributed by atoms with Gasteiger partial charge in [0.15, 0.2) is 5.13 Å². The number of hydrogen-bond acceptors (Lipinski definition) is 6. The van der Waals surface area contributed by atoms with Crippen LogP contribution in [0.3, 0.4) is 0 Å². The number of aromatic nitrogens is 3. The Morgan fingerprint density at radius 2 is 1.95 bits per heavy atom. The van der Waals surface area contributed by atoms with Gasteiger partial charge in [-0.25, -0.2) is 14.5 Å². The Hall–Kier alpha value is -2.93. The van der Waals surface area contributed by atoms with Crippen molar-refractivity contribution in [3.05, 3.63) is 53.1 Å². The predicted molar refractivity (Wildman–Crippen MR) is 86.6 cm³/mol. The second-order valence-corrected chi connectivity index (χ2v) is 5.85. The second kappa shape index (κ2) is 4.54. The molecule has 2 aromatic carbocycles. The number of nitrogen functional groups attached to an aromatic ring is 1. The summed E-state index contributed by atoms with van der Waals surface area (Å²) < 4.78 is 2.19. The lowest BCUT2D eigenvalue weighted by atomic mass is 10.2. The second-order valence-electron chi connectivity index (χ2n) is 4.84. The Morgan fingerprint density at radius 3 is 2.82 bits per heavy atom. The van der Waals surface area contributed by atoms with E-state index in [1.54, 1.807) is 36.4 Å². The van der Waals surface area contributed by atoms with Crippen LogP contribution in [0.2, 0.25) is 0 Å². The normalized spacial score (nSPS) is 11.3. The highest BCUT2D eigenvalue weighted by atomic mass is 32.1. The highest BCUT2D eigenvalue weighted by Crippen LogP contribution is 2.27. The van der Waals surface area contributed by atoms with Crippen LogP contribution in [0, 0.1) is 0 Å². The number of nitrogens with two attached hydrogens (primary N) is 1. The van der Waals surface area contributed by atoms with Crippen molar-refractivity contribution in [2.45, 2.75) is 0 Å². The first-order valence-electron chi connectivity index (χ1n) is 6.49. The van der Waals surface area contributed by atoms with Gasteiger partial charge in [-0.05, 0) is 36.4 Å². The van der Waals surface area contributed by atoms with Gasteiger partial charge in [0.25, 0.3) is 5.56 Å². The molecule has 0 aliphatic rings. The SMILES string of the molecule is Nc1ccc2ncn(-c3nc4ccc(O)cc4s3)c(=O)c2c1. The van der Waals surface area contributed by atoms with Crippen molar-refractivity contribution in [2.75, 3.05) is 5.73 Å². The molecule has 0 spiro atoms. The molecule has 2 aromatic heterocycles. The number of nitrogens with zero attached hydrogens (tertiary/aromatic N) is 3. The third-order valence-electron chi connectivity index (χ3n) is 3.35. The number of hydrogen-bond donors (Lipinski definition) is 2. The number of fused-ring (bicyclic) bond motifs is 2. The molecule has 4 aromatic rings. The summed E-state index contributed by atoms with van der Waals surface area (Å²) in [7, 11) is 0. The van der Waals surface area contributed by atoms with Gasteiger partial charge in [0.05, 0.1) is 21.1 Å². The molecule has 4 rings (SSSR count). The molecular formula is C15H10N4O2S. The summed E-state index contributed by atoms with van der Waals surface area (Å²) in [6.07, 6.45) is 1.46. The average Bonchev–Trinajstić information content (AvgIpc) is 2.91. The summed E-state index contributed by atoms with van der Waals surface area (Å²) in [5, 5.41) is 10.5. The zero-order valence-electron chi connectivity index (χ0n) is 11.2. The van der Waals surface area contributed by atoms with Gasteiger partial charge in [-0.2, -0.15) is 0 Å². The van der Waals surface area contributed by atoms with E-state index in [-0.39, 0.29) is 11.3 Å². The van der Waals surface area contributed by atoms with E-state index in [1.807, 2.05) is 0 Å². The molecule has 3 N–H and O–H groups in total. The summed E-state index contributed by atoms with van der Waals surface area (Å²) >= 11 is 1.31. The minimum atomic E-state index is -0.222. The van der Waals surface area contributed by atoms with Gasteiger partial charge in [-0.3, -0.25) is 4.79 Å². The molecule has 0 aliphatic carbocycles. The quantitative estimate of drug-likeness (QED) is 0.526. The summed E-state index contributed by atoms with van der Waals surface area (Å²) in [6, 6.07) is 9.93. The molecule has 2 heterocycles. The Balaban J connectivity index is 1.99. The van der Waals surface area contributed by atoms with E-state index in [0.717, 1.165) is 10.2 Å². The van der Waals surface area contributed by atoms with Crippen molar-refractivity contribution in [2.24, 2.45) is 0 Å². The summed E-state index contributed by atoms with van der Waals surface area (Å²) in [5.74, 6) is 0.166. The summed E-state index contributed by atoms with van der Waals surface area (Å²) in [6.45, 7) is 0. The fourth-order valence-corrected chi connectivity index (χ4v) is 3.25. The maximum Gasteiger partial charge on any atom is 0.267 e. The molecule has 0 atom stereocenters. The molecule has 0 aliphatic heterocycles. The fraction of sp³-hybridized carbons (Fsp3) is 0. The van der Waals surface area contributed by atoms with E-state index in [1.165, 1.54) is 22.2 Å². The van der Waals surface area contributed by atoms with Crippen molar-refractivity contribution in [3.63, 3.8) is 0 Å². The number of anilines is 1. The molecule has 0 radical (unpaired) electrons. The van der Waals surface area contributed by atoms with Crippen molar-refractivity contribution in [1.82, 2.24) is 14.5 Å². The third-order valence-corrected chi connectivity index (χ3v) is 4.37. The molecule has 0 fully saturated rings. The summed E-state index contributed by atoms with van der Waals surface area (Å²) in [5.41, 5.74) is 7.35. The Labute approximate surface area is 128 Å². The van der Waals surface area contributed by atoms with Crippen LogP contribution in [0.4, 0.5) is 5.69 Å². The van der Waals surface area contributed by atoms with Gasteiger partial charge in [0, 0.05) is 5.69 Å². The lowest BCUT2D eigenvalue weighted by molar-refractivity contribution is 0.476. The smallest absolute Gasteiger partial charge is 0.267 e. The molecule has 6 nitrogen and oxygen atoms in total. The number of thiazole rings is 1. The zero-order valence-corrected chi connectivity index (χ0v) is 12.0. The molecule has 108 valence electrons. The van der Waals surface area contributed by atoms with E-state index in [2.05, 4.69) is 9.97 Å². The van der Waals surface area contributed by atoms with Crippen LogP contribution in [0.1, 0.15) is 0 Å². The molecule has 0 bridgehead atoms. The molecule has 7 heteroatoms. The first-order valence-corrected chi connectivity index (χ1v) is 7.30. The van der Waals surface area contributed by atoms with Crippen LogP contribution in [0.15, 0.2) is 47.5 Å². The summed E-state index contributed by atoms with van der Waals surface area (Å²) in [4.78, 5) is 21.3. The maximum absolute atomic E-state index is 12.6. The Bertz CT molecular complexity index is 1080. The minimum absolute atomic E-state index is 0.166. The number of rotatable bonds is 1. The topological polar surface area (TPSA) is 94.0 Å². The lowest BCUT2D eigenvalue weighted by Crippen LogP contribution is -2.18. The molecule has 0 unspecified atom stereocenters. The number of phenols is 1. The van der Waals surface area contributed by atoms with Crippen molar-refractivity contribution in [1.29, 1.82) is 0 Å². The standard InChI is InChI=1S/C15H10N4O2S/c16-8-1-3-11-10(5-8)14(21)19(7-17-11)15-18-12-4-2-9(20)6-13(12)22-15/h1-7,20H,16H2. The first kappa shape index (κ1) is 12.8. The zero-order chi connectivity index (χ0) is 15.3.